The maximum absolute atomic E-state index is 5.82. The number of halogens is 1. The van der Waals surface area contributed by atoms with E-state index in [2.05, 4.69) is 6.08 Å². The fourth-order valence-electron chi connectivity index (χ4n) is 2.27. The van der Waals surface area contributed by atoms with Gasteiger partial charge in [0.15, 0.2) is 0 Å². The van der Waals surface area contributed by atoms with Gasteiger partial charge in [0.2, 0.25) is 0 Å². The molecule has 2 aliphatic rings. The van der Waals surface area contributed by atoms with E-state index < -0.39 is 0 Å². The van der Waals surface area contributed by atoms with Crippen LogP contribution in [0.15, 0.2) is 11.6 Å². The first-order valence-corrected chi connectivity index (χ1v) is 4.85. The quantitative estimate of drug-likeness (QED) is 0.696. The van der Waals surface area contributed by atoms with Gasteiger partial charge in [0, 0.05) is 12.0 Å². The Kier molecular flexibility index (Phi) is 3.77. The molecule has 2 nitrogen and oxygen atoms in total. The molecule has 0 atom stereocenters. The molecule has 1 heterocycles. The van der Waals surface area contributed by atoms with Crippen LogP contribution in [-0.4, -0.2) is 19.8 Å². The third-order valence-electron chi connectivity index (χ3n) is 3.35. The molecule has 1 saturated carbocycles. The van der Waals surface area contributed by atoms with Crippen molar-refractivity contribution in [2.45, 2.75) is 25.7 Å². The molecular weight excluding hydrogens is 186 g/mol. The molecule has 2 N–H and O–H groups in total. The molecule has 0 unspecified atom stereocenters. The Hall–Kier alpha value is -0.0500. The van der Waals surface area contributed by atoms with Crippen LogP contribution in [0, 0.1) is 5.41 Å². The van der Waals surface area contributed by atoms with Crippen molar-refractivity contribution in [3.63, 3.8) is 0 Å². The highest BCUT2D eigenvalue weighted by Crippen LogP contribution is 2.47. The molecule has 13 heavy (non-hydrogen) atoms. The van der Waals surface area contributed by atoms with Crippen molar-refractivity contribution >= 4 is 12.4 Å². The zero-order valence-corrected chi connectivity index (χ0v) is 8.74. The van der Waals surface area contributed by atoms with Crippen LogP contribution in [0.1, 0.15) is 25.7 Å². The van der Waals surface area contributed by atoms with Crippen LogP contribution in [0.25, 0.3) is 0 Å². The minimum absolute atomic E-state index is 0. The molecule has 1 aliphatic heterocycles. The number of rotatable bonds is 2. The highest BCUT2D eigenvalue weighted by molar-refractivity contribution is 5.85. The highest BCUT2D eigenvalue weighted by atomic mass is 35.5. The molecule has 2 rings (SSSR count). The maximum Gasteiger partial charge on any atom is 0.0650 e. The zero-order valence-electron chi connectivity index (χ0n) is 7.92. The molecule has 1 aliphatic carbocycles. The van der Waals surface area contributed by atoms with E-state index in [4.69, 9.17) is 10.5 Å². The van der Waals surface area contributed by atoms with Gasteiger partial charge in [0.05, 0.1) is 13.2 Å². The van der Waals surface area contributed by atoms with E-state index in [9.17, 15) is 0 Å². The summed E-state index contributed by atoms with van der Waals surface area (Å²) in [6.07, 6.45) is 7.31. The van der Waals surface area contributed by atoms with E-state index in [1.165, 1.54) is 19.3 Å². The van der Waals surface area contributed by atoms with Crippen molar-refractivity contribution < 1.29 is 4.74 Å². The van der Waals surface area contributed by atoms with E-state index in [-0.39, 0.29) is 12.4 Å². The third kappa shape index (κ3) is 1.90. The summed E-state index contributed by atoms with van der Waals surface area (Å²) < 4.78 is 5.29. The van der Waals surface area contributed by atoms with Gasteiger partial charge in [-0.05, 0) is 19.3 Å². The molecule has 0 aromatic carbocycles. The average molecular weight is 204 g/mol. The van der Waals surface area contributed by atoms with Gasteiger partial charge < -0.3 is 10.5 Å². The molecule has 0 saturated heterocycles. The summed E-state index contributed by atoms with van der Waals surface area (Å²) in [5.41, 5.74) is 7.78. The molecule has 0 aromatic heterocycles. The molecular formula is C10H18ClNO. The lowest BCUT2D eigenvalue weighted by Crippen LogP contribution is -2.40. The van der Waals surface area contributed by atoms with Crippen molar-refractivity contribution in [1.82, 2.24) is 0 Å². The minimum atomic E-state index is 0. The lowest BCUT2D eigenvalue weighted by molar-refractivity contribution is 0.122. The average Bonchev–Trinajstić information content (AvgIpc) is 2.05. The monoisotopic (exact) mass is 203 g/mol. The molecule has 76 valence electrons. The van der Waals surface area contributed by atoms with E-state index in [0.717, 1.165) is 26.2 Å². The van der Waals surface area contributed by atoms with Crippen LogP contribution in [0.5, 0.6) is 0 Å². The van der Waals surface area contributed by atoms with E-state index in [1.54, 1.807) is 5.57 Å². The summed E-state index contributed by atoms with van der Waals surface area (Å²) in [5, 5.41) is 0. The Morgan fingerprint density at radius 2 is 2.23 bits per heavy atom. The van der Waals surface area contributed by atoms with Crippen LogP contribution < -0.4 is 5.73 Å². The lowest BCUT2D eigenvalue weighted by Gasteiger charge is -2.44. The van der Waals surface area contributed by atoms with Gasteiger partial charge in [-0.3, -0.25) is 0 Å². The summed E-state index contributed by atoms with van der Waals surface area (Å²) in [6, 6.07) is 0. The van der Waals surface area contributed by atoms with Gasteiger partial charge in [0.1, 0.15) is 0 Å². The Bertz CT molecular complexity index is 194. The smallest absolute Gasteiger partial charge is 0.0650 e. The predicted molar refractivity (Wildman–Crippen MR) is 56.1 cm³/mol. The van der Waals surface area contributed by atoms with Gasteiger partial charge in [-0.15, -0.1) is 12.4 Å². The summed E-state index contributed by atoms with van der Waals surface area (Å²) in [6.45, 7) is 2.53. The number of ether oxygens (including phenoxy) is 1. The topological polar surface area (TPSA) is 35.2 Å². The molecule has 1 fully saturated rings. The molecule has 3 heteroatoms. The Morgan fingerprint density at radius 3 is 2.62 bits per heavy atom. The first-order valence-electron chi connectivity index (χ1n) is 4.85. The second kappa shape index (κ2) is 4.45. The summed E-state index contributed by atoms with van der Waals surface area (Å²) in [4.78, 5) is 0. The summed E-state index contributed by atoms with van der Waals surface area (Å²) in [5.74, 6) is 0. The predicted octanol–water partition coefficient (Wildman–Crippen LogP) is 1.88. The highest BCUT2D eigenvalue weighted by Gasteiger charge is 2.38. The fraction of sp³-hybridized carbons (Fsp3) is 0.800. The van der Waals surface area contributed by atoms with E-state index in [1.807, 2.05) is 0 Å². The Balaban J connectivity index is 0.000000845. The van der Waals surface area contributed by atoms with Crippen molar-refractivity contribution in [3.05, 3.63) is 11.6 Å². The molecule has 0 amide bonds. The van der Waals surface area contributed by atoms with Gasteiger partial charge in [0.25, 0.3) is 0 Å². The normalized spacial score (nSPS) is 25.5. The third-order valence-corrected chi connectivity index (χ3v) is 3.35. The van der Waals surface area contributed by atoms with E-state index in [0.29, 0.717) is 5.41 Å². The van der Waals surface area contributed by atoms with Crippen LogP contribution in [-0.2, 0) is 4.74 Å². The molecule has 0 bridgehead atoms. The standard InChI is InChI=1S/C10H17NO.ClH/c11-8-10(4-1-5-10)9-2-6-12-7-3-9;/h2H,1,3-8,11H2;1H. The van der Waals surface area contributed by atoms with Crippen molar-refractivity contribution in [1.29, 1.82) is 0 Å². The van der Waals surface area contributed by atoms with Gasteiger partial charge in [-0.25, -0.2) is 0 Å². The summed E-state index contributed by atoms with van der Waals surface area (Å²) >= 11 is 0. The Labute approximate surface area is 85.9 Å². The molecule has 0 radical (unpaired) electrons. The van der Waals surface area contributed by atoms with Crippen LogP contribution in [0.3, 0.4) is 0 Å². The van der Waals surface area contributed by atoms with Crippen molar-refractivity contribution in [2.24, 2.45) is 11.1 Å². The van der Waals surface area contributed by atoms with Gasteiger partial charge in [-0.1, -0.05) is 18.1 Å². The van der Waals surface area contributed by atoms with Crippen molar-refractivity contribution in [2.75, 3.05) is 19.8 Å². The number of nitrogens with two attached hydrogens (primary N) is 1. The number of hydrogen-bond donors (Lipinski definition) is 1. The van der Waals surface area contributed by atoms with Crippen LogP contribution >= 0.6 is 12.4 Å². The van der Waals surface area contributed by atoms with E-state index >= 15 is 0 Å². The largest absolute Gasteiger partial charge is 0.377 e. The second-order valence-corrected chi connectivity index (χ2v) is 3.89. The Morgan fingerprint density at radius 1 is 1.46 bits per heavy atom. The maximum atomic E-state index is 5.82. The minimum Gasteiger partial charge on any atom is -0.377 e. The lowest BCUT2D eigenvalue weighted by atomic mass is 9.63. The van der Waals surface area contributed by atoms with Crippen LogP contribution in [0.4, 0.5) is 0 Å². The first kappa shape index (κ1) is 11.0. The molecule has 0 aromatic rings. The molecule has 0 spiro atoms. The zero-order chi connectivity index (χ0) is 8.44. The fourth-order valence-corrected chi connectivity index (χ4v) is 2.27. The second-order valence-electron chi connectivity index (χ2n) is 3.89. The van der Waals surface area contributed by atoms with Gasteiger partial charge >= 0.3 is 0 Å². The first-order chi connectivity index (χ1) is 5.87. The number of hydrogen-bond acceptors (Lipinski definition) is 2. The summed E-state index contributed by atoms with van der Waals surface area (Å²) in [7, 11) is 0. The van der Waals surface area contributed by atoms with Crippen LogP contribution in [0.2, 0.25) is 0 Å². The van der Waals surface area contributed by atoms with Gasteiger partial charge in [-0.2, -0.15) is 0 Å². The van der Waals surface area contributed by atoms with Crippen molar-refractivity contribution in [3.8, 4) is 0 Å². The SMILES string of the molecule is Cl.NCC1(C2=CCOCC2)CCC1.